The van der Waals surface area contributed by atoms with Crippen LogP contribution >= 0.6 is 11.6 Å². The molecule has 0 aromatic heterocycles. The normalized spacial score (nSPS) is 22.7. The zero-order valence-electron chi connectivity index (χ0n) is 6.02. The molecule has 0 aliphatic heterocycles. The van der Waals surface area contributed by atoms with E-state index in [4.69, 9.17) is 11.6 Å². The number of hydrogen-bond acceptors (Lipinski definition) is 1. The number of rotatable bonds is 0. The van der Waals surface area contributed by atoms with Crippen molar-refractivity contribution in [3.8, 4) is 0 Å². The Balaban J connectivity index is 2.99. The molecule has 0 atom stereocenters. The Morgan fingerprint density at radius 2 is 2.00 bits per heavy atom. The summed E-state index contributed by atoms with van der Waals surface area (Å²) in [4.78, 5) is 11.1. The Hall–Kier alpha value is -0.560. The largest absolute Gasteiger partial charge is 0.294 e. The van der Waals surface area contributed by atoms with E-state index in [9.17, 15) is 4.79 Å². The SMILES string of the molecule is CC1(C)C=C(Cl)C=CC1=O. The minimum absolute atomic E-state index is 0.108. The van der Waals surface area contributed by atoms with Gasteiger partial charge in [0.1, 0.15) is 0 Å². The van der Waals surface area contributed by atoms with Gasteiger partial charge < -0.3 is 0 Å². The Morgan fingerprint density at radius 1 is 1.40 bits per heavy atom. The lowest BCUT2D eigenvalue weighted by Crippen LogP contribution is -2.21. The van der Waals surface area contributed by atoms with Gasteiger partial charge in [0.25, 0.3) is 0 Å². The van der Waals surface area contributed by atoms with E-state index in [0.717, 1.165) is 0 Å². The van der Waals surface area contributed by atoms with E-state index >= 15 is 0 Å². The van der Waals surface area contributed by atoms with Crippen LogP contribution in [0.4, 0.5) is 0 Å². The molecule has 0 amide bonds. The van der Waals surface area contributed by atoms with Crippen LogP contribution in [0.3, 0.4) is 0 Å². The van der Waals surface area contributed by atoms with Crippen molar-refractivity contribution in [2.24, 2.45) is 5.41 Å². The molecule has 0 spiro atoms. The number of carbonyl (C=O) groups excluding carboxylic acids is 1. The first-order valence-corrected chi connectivity index (χ1v) is 3.51. The molecule has 54 valence electrons. The van der Waals surface area contributed by atoms with Crippen molar-refractivity contribution < 1.29 is 4.79 Å². The van der Waals surface area contributed by atoms with Gasteiger partial charge in [0, 0.05) is 10.4 Å². The third-order valence-corrected chi connectivity index (χ3v) is 1.76. The zero-order valence-corrected chi connectivity index (χ0v) is 6.77. The summed E-state index contributed by atoms with van der Waals surface area (Å²) in [5, 5.41) is 0.643. The maximum Gasteiger partial charge on any atom is 0.165 e. The van der Waals surface area contributed by atoms with Crippen LogP contribution in [0.1, 0.15) is 13.8 Å². The van der Waals surface area contributed by atoms with Crippen LogP contribution in [0.15, 0.2) is 23.3 Å². The molecule has 0 fully saturated rings. The first kappa shape index (κ1) is 7.55. The Morgan fingerprint density at radius 3 is 2.40 bits per heavy atom. The molecule has 0 bridgehead atoms. The minimum Gasteiger partial charge on any atom is -0.294 e. The van der Waals surface area contributed by atoms with Gasteiger partial charge in [-0.05, 0) is 26.0 Å². The van der Waals surface area contributed by atoms with Crippen LogP contribution in [0.25, 0.3) is 0 Å². The first-order chi connectivity index (χ1) is 4.52. The average molecular weight is 157 g/mol. The predicted octanol–water partition coefficient (Wildman–Crippen LogP) is 2.27. The summed E-state index contributed by atoms with van der Waals surface area (Å²) in [7, 11) is 0. The highest BCUT2D eigenvalue weighted by Gasteiger charge is 2.25. The Labute approximate surface area is 65.4 Å². The third-order valence-electron chi connectivity index (χ3n) is 1.53. The highest BCUT2D eigenvalue weighted by molar-refractivity contribution is 6.32. The Bertz CT molecular complexity index is 223. The lowest BCUT2D eigenvalue weighted by Gasteiger charge is -2.19. The van der Waals surface area contributed by atoms with E-state index in [2.05, 4.69) is 0 Å². The van der Waals surface area contributed by atoms with Crippen LogP contribution < -0.4 is 0 Å². The number of carbonyl (C=O) groups is 1. The Kier molecular flexibility index (Phi) is 1.69. The van der Waals surface area contributed by atoms with E-state index in [1.807, 2.05) is 13.8 Å². The fourth-order valence-corrected chi connectivity index (χ4v) is 1.17. The highest BCUT2D eigenvalue weighted by atomic mass is 35.5. The maximum atomic E-state index is 11.1. The molecule has 0 radical (unpaired) electrons. The molecule has 1 aliphatic carbocycles. The summed E-state index contributed by atoms with van der Waals surface area (Å²) in [5.41, 5.74) is -0.411. The standard InChI is InChI=1S/C8H9ClO/c1-8(2)5-6(9)3-4-7(8)10/h3-5H,1-2H3. The third kappa shape index (κ3) is 1.29. The van der Waals surface area contributed by atoms with Crippen molar-refractivity contribution in [2.75, 3.05) is 0 Å². The summed E-state index contributed by atoms with van der Waals surface area (Å²) in [6, 6.07) is 0. The number of ketones is 1. The molecule has 0 aromatic carbocycles. The van der Waals surface area contributed by atoms with Crippen molar-refractivity contribution in [1.29, 1.82) is 0 Å². The fourth-order valence-electron chi connectivity index (χ4n) is 0.834. The van der Waals surface area contributed by atoms with E-state index in [1.165, 1.54) is 6.08 Å². The van der Waals surface area contributed by atoms with E-state index in [0.29, 0.717) is 5.03 Å². The van der Waals surface area contributed by atoms with Gasteiger partial charge in [0.15, 0.2) is 5.78 Å². The van der Waals surface area contributed by atoms with Crippen LogP contribution in [-0.2, 0) is 4.79 Å². The topological polar surface area (TPSA) is 17.1 Å². The minimum atomic E-state index is -0.411. The average Bonchev–Trinajstić information content (AvgIpc) is 1.78. The lowest BCUT2D eigenvalue weighted by atomic mass is 9.85. The molecule has 0 N–H and O–H groups in total. The summed E-state index contributed by atoms with van der Waals surface area (Å²) in [5.74, 6) is 0.108. The monoisotopic (exact) mass is 156 g/mol. The molecule has 1 nitrogen and oxygen atoms in total. The van der Waals surface area contributed by atoms with Gasteiger partial charge in [-0.25, -0.2) is 0 Å². The van der Waals surface area contributed by atoms with E-state index in [1.54, 1.807) is 12.2 Å². The van der Waals surface area contributed by atoms with Crippen molar-refractivity contribution in [1.82, 2.24) is 0 Å². The summed E-state index contributed by atoms with van der Waals surface area (Å²) in [6.45, 7) is 3.70. The van der Waals surface area contributed by atoms with Crippen molar-refractivity contribution in [2.45, 2.75) is 13.8 Å². The second-order valence-corrected chi connectivity index (χ2v) is 3.38. The van der Waals surface area contributed by atoms with Crippen LogP contribution in [0, 0.1) is 5.41 Å². The smallest absolute Gasteiger partial charge is 0.165 e. The molecule has 1 aliphatic rings. The molecule has 2 heteroatoms. The van der Waals surface area contributed by atoms with Gasteiger partial charge in [0.2, 0.25) is 0 Å². The van der Waals surface area contributed by atoms with Gasteiger partial charge in [-0.2, -0.15) is 0 Å². The molecule has 0 unspecified atom stereocenters. The molecular weight excluding hydrogens is 148 g/mol. The molecular formula is C8H9ClO. The van der Waals surface area contributed by atoms with Crippen LogP contribution in [0.5, 0.6) is 0 Å². The molecule has 0 heterocycles. The molecule has 0 aromatic rings. The zero-order chi connectivity index (χ0) is 7.78. The fraction of sp³-hybridized carbons (Fsp3) is 0.375. The van der Waals surface area contributed by atoms with E-state index in [-0.39, 0.29) is 5.78 Å². The van der Waals surface area contributed by atoms with Gasteiger partial charge in [0.05, 0.1) is 0 Å². The van der Waals surface area contributed by atoms with Gasteiger partial charge in [-0.1, -0.05) is 17.7 Å². The number of hydrogen-bond donors (Lipinski definition) is 0. The molecule has 1 rings (SSSR count). The second-order valence-electron chi connectivity index (χ2n) is 2.95. The second kappa shape index (κ2) is 2.24. The molecule has 0 saturated carbocycles. The molecule has 0 saturated heterocycles. The van der Waals surface area contributed by atoms with Crippen LogP contribution in [-0.4, -0.2) is 5.78 Å². The van der Waals surface area contributed by atoms with E-state index < -0.39 is 5.41 Å². The molecule has 10 heavy (non-hydrogen) atoms. The van der Waals surface area contributed by atoms with Crippen molar-refractivity contribution in [3.05, 3.63) is 23.3 Å². The number of halogens is 1. The lowest BCUT2D eigenvalue weighted by molar-refractivity contribution is -0.120. The summed E-state index contributed by atoms with van der Waals surface area (Å²) >= 11 is 5.69. The van der Waals surface area contributed by atoms with Crippen molar-refractivity contribution in [3.63, 3.8) is 0 Å². The highest BCUT2D eigenvalue weighted by Crippen LogP contribution is 2.26. The quantitative estimate of drug-likeness (QED) is 0.526. The maximum absolute atomic E-state index is 11.1. The predicted molar refractivity (Wildman–Crippen MR) is 41.9 cm³/mol. The van der Waals surface area contributed by atoms with Gasteiger partial charge in [-0.3, -0.25) is 4.79 Å². The van der Waals surface area contributed by atoms with Gasteiger partial charge in [-0.15, -0.1) is 0 Å². The number of allylic oxidation sites excluding steroid dienone is 4. The summed E-state index contributed by atoms with van der Waals surface area (Å²) in [6.07, 6.45) is 4.90. The van der Waals surface area contributed by atoms with Crippen molar-refractivity contribution >= 4 is 17.4 Å². The van der Waals surface area contributed by atoms with Gasteiger partial charge >= 0.3 is 0 Å². The van der Waals surface area contributed by atoms with Crippen LogP contribution in [0.2, 0.25) is 0 Å². The summed E-state index contributed by atoms with van der Waals surface area (Å²) < 4.78 is 0. The first-order valence-electron chi connectivity index (χ1n) is 3.13.